The fourth-order valence-corrected chi connectivity index (χ4v) is 4.02. The molecule has 0 radical (unpaired) electrons. The molecule has 150 valence electrons. The van der Waals surface area contributed by atoms with Crippen LogP contribution in [0.1, 0.15) is 59.1 Å². The Kier molecular flexibility index (Phi) is 5.09. The number of para-hydroxylation sites is 1. The summed E-state index contributed by atoms with van der Waals surface area (Å²) in [6.07, 6.45) is 0.429. The van der Waals surface area contributed by atoms with Crippen molar-refractivity contribution in [3.8, 4) is 0 Å². The molecule has 2 aromatic carbocycles. The Bertz CT molecular complexity index is 969. The maximum atomic E-state index is 13.3. The number of nitrogens with one attached hydrogen (secondary N) is 1. The first kappa shape index (κ1) is 19.2. The molecule has 1 atom stereocenters. The topological polar surface area (TPSA) is 69.7 Å². The molecule has 0 saturated carbocycles. The third-order valence-corrected chi connectivity index (χ3v) is 5.39. The van der Waals surface area contributed by atoms with Gasteiger partial charge < -0.3 is 10.2 Å². The number of anilines is 1. The summed E-state index contributed by atoms with van der Waals surface area (Å²) in [5.74, 6) is 0.191. The third-order valence-electron chi connectivity index (χ3n) is 5.39. The van der Waals surface area contributed by atoms with Gasteiger partial charge >= 0.3 is 0 Å². The summed E-state index contributed by atoms with van der Waals surface area (Å²) < 4.78 is 0. The van der Waals surface area contributed by atoms with Gasteiger partial charge in [0.05, 0.1) is 11.3 Å². The molecular weight excluding hydrogens is 366 g/mol. The molecule has 4 rings (SSSR count). The quantitative estimate of drug-likeness (QED) is 0.821. The van der Waals surface area contributed by atoms with Gasteiger partial charge in [0, 0.05) is 30.6 Å². The minimum atomic E-state index is -0.458. The summed E-state index contributed by atoms with van der Waals surface area (Å²) in [7, 11) is 0. The van der Waals surface area contributed by atoms with Crippen molar-refractivity contribution in [1.29, 1.82) is 0 Å². The van der Waals surface area contributed by atoms with Crippen LogP contribution in [0.2, 0.25) is 0 Å². The summed E-state index contributed by atoms with van der Waals surface area (Å²) in [5, 5.41) is 2.91. The van der Waals surface area contributed by atoms with E-state index >= 15 is 0 Å². The zero-order valence-electron chi connectivity index (χ0n) is 16.7. The van der Waals surface area contributed by atoms with Crippen LogP contribution in [0.15, 0.2) is 48.5 Å². The van der Waals surface area contributed by atoms with Gasteiger partial charge in [-0.3, -0.25) is 19.3 Å². The molecule has 0 unspecified atom stereocenters. The SMILES string of the molecule is CC(C)CNC(=O)CCCN1C(=O)c2ccccc2N2C(=O)c3ccccc3[C@@H]12. The van der Waals surface area contributed by atoms with Crippen LogP contribution in [-0.2, 0) is 4.79 Å². The Hall–Kier alpha value is -3.15. The molecule has 2 aliphatic rings. The van der Waals surface area contributed by atoms with Gasteiger partial charge in [-0.2, -0.15) is 0 Å². The highest BCUT2D eigenvalue weighted by atomic mass is 16.2. The Balaban J connectivity index is 1.59. The van der Waals surface area contributed by atoms with Crippen molar-refractivity contribution in [2.24, 2.45) is 5.92 Å². The summed E-state index contributed by atoms with van der Waals surface area (Å²) >= 11 is 0. The summed E-state index contributed by atoms with van der Waals surface area (Å²) in [4.78, 5) is 41.9. The van der Waals surface area contributed by atoms with Crippen molar-refractivity contribution in [1.82, 2.24) is 10.2 Å². The fraction of sp³-hybridized carbons (Fsp3) is 0.348. The number of amides is 3. The molecule has 0 bridgehead atoms. The van der Waals surface area contributed by atoms with E-state index in [0.29, 0.717) is 48.7 Å². The van der Waals surface area contributed by atoms with Crippen molar-refractivity contribution in [2.45, 2.75) is 32.9 Å². The van der Waals surface area contributed by atoms with Crippen molar-refractivity contribution >= 4 is 23.4 Å². The van der Waals surface area contributed by atoms with Gasteiger partial charge in [-0.25, -0.2) is 0 Å². The van der Waals surface area contributed by atoms with E-state index in [1.54, 1.807) is 21.9 Å². The van der Waals surface area contributed by atoms with Crippen LogP contribution in [0.4, 0.5) is 5.69 Å². The monoisotopic (exact) mass is 391 g/mol. The van der Waals surface area contributed by atoms with Gasteiger partial charge in [-0.05, 0) is 30.5 Å². The lowest BCUT2D eigenvalue weighted by Crippen LogP contribution is -2.48. The summed E-state index contributed by atoms with van der Waals surface area (Å²) in [6.45, 7) is 5.15. The van der Waals surface area contributed by atoms with E-state index < -0.39 is 6.17 Å². The average Bonchev–Trinajstić information content (AvgIpc) is 3.02. The highest BCUT2D eigenvalue weighted by molar-refractivity contribution is 6.16. The predicted octanol–water partition coefficient (Wildman–Crippen LogP) is 3.35. The van der Waals surface area contributed by atoms with E-state index in [4.69, 9.17) is 0 Å². The van der Waals surface area contributed by atoms with E-state index in [2.05, 4.69) is 5.32 Å². The fourth-order valence-electron chi connectivity index (χ4n) is 4.02. The number of carbonyl (C=O) groups is 3. The van der Waals surface area contributed by atoms with Gasteiger partial charge in [-0.1, -0.05) is 44.2 Å². The van der Waals surface area contributed by atoms with E-state index in [1.807, 2.05) is 50.2 Å². The van der Waals surface area contributed by atoms with Crippen molar-refractivity contribution < 1.29 is 14.4 Å². The molecule has 0 aliphatic carbocycles. The molecule has 1 N–H and O–H groups in total. The van der Waals surface area contributed by atoms with Crippen LogP contribution < -0.4 is 10.2 Å². The van der Waals surface area contributed by atoms with Crippen molar-refractivity contribution in [3.05, 3.63) is 65.2 Å². The maximum absolute atomic E-state index is 13.3. The molecule has 0 spiro atoms. The van der Waals surface area contributed by atoms with Crippen LogP contribution in [0.3, 0.4) is 0 Å². The Morgan fingerprint density at radius 2 is 1.69 bits per heavy atom. The second-order valence-corrected chi connectivity index (χ2v) is 7.95. The zero-order chi connectivity index (χ0) is 20.5. The van der Waals surface area contributed by atoms with Gasteiger partial charge in [0.15, 0.2) is 0 Å². The van der Waals surface area contributed by atoms with E-state index in [1.165, 1.54) is 0 Å². The van der Waals surface area contributed by atoms with Gasteiger partial charge in [0.2, 0.25) is 5.91 Å². The standard InChI is InChI=1S/C23H25N3O3/c1-15(2)14-24-20(27)12-7-13-25-21-16-8-3-4-9-17(16)23(29)26(21)19-11-6-5-10-18(19)22(25)28/h3-6,8-11,15,21H,7,12-14H2,1-2H3,(H,24,27)/t21-/m0/s1. The lowest BCUT2D eigenvalue weighted by atomic mass is 10.0. The Labute approximate surface area is 170 Å². The van der Waals surface area contributed by atoms with Crippen LogP contribution in [0, 0.1) is 5.92 Å². The molecule has 3 amide bonds. The number of benzene rings is 2. The molecule has 29 heavy (non-hydrogen) atoms. The Morgan fingerprint density at radius 1 is 1.00 bits per heavy atom. The molecule has 6 nitrogen and oxygen atoms in total. The van der Waals surface area contributed by atoms with Crippen LogP contribution in [0.5, 0.6) is 0 Å². The van der Waals surface area contributed by atoms with Gasteiger partial charge in [-0.15, -0.1) is 0 Å². The highest BCUT2D eigenvalue weighted by Gasteiger charge is 2.47. The average molecular weight is 391 g/mol. The molecule has 2 aliphatic heterocycles. The highest BCUT2D eigenvalue weighted by Crippen LogP contribution is 2.45. The van der Waals surface area contributed by atoms with Crippen LogP contribution in [-0.4, -0.2) is 35.7 Å². The predicted molar refractivity (Wildman–Crippen MR) is 111 cm³/mol. The van der Waals surface area contributed by atoms with E-state index in [0.717, 1.165) is 5.56 Å². The third kappa shape index (κ3) is 3.39. The van der Waals surface area contributed by atoms with Gasteiger partial charge in [0.1, 0.15) is 6.17 Å². The van der Waals surface area contributed by atoms with Crippen molar-refractivity contribution in [2.75, 3.05) is 18.0 Å². The molecule has 0 fully saturated rings. The van der Waals surface area contributed by atoms with E-state index in [-0.39, 0.29) is 17.7 Å². The smallest absolute Gasteiger partial charge is 0.260 e. The van der Waals surface area contributed by atoms with Crippen LogP contribution in [0.25, 0.3) is 0 Å². The minimum absolute atomic E-state index is 0.0108. The molecule has 0 aromatic heterocycles. The maximum Gasteiger partial charge on any atom is 0.260 e. The first-order valence-electron chi connectivity index (χ1n) is 10.1. The first-order chi connectivity index (χ1) is 14.0. The number of nitrogens with zero attached hydrogens (tertiary/aromatic N) is 2. The lowest BCUT2D eigenvalue weighted by molar-refractivity contribution is -0.121. The normalized spacial score (nSPS) is 17.3. The number of carbonyl (C=O) groups excluding carboxylic acids is 3. The second kappa shape index (κ2) is 7.70. The lowest BCUT2D eigenvalue weighted by Gasteiger charge is -2.41. The van der Waals surface area contributed by atoms with E-state index in [9.17, 15) is 14.4 Å². The first-order valence-corrected chi connectivity index (χ1v) is 10.1. The number of fused-ring (bicyclic) bond motifs is 5. The molecule has 2 aromatic rings. The molecule has 6 heteroatoms. The minimum Gasteiger partial charge on any atom is -0.356 e. The molecule has 2 heterocycles. The summed E-state index contributed by atoms with van der Waals surface area (Å²) in [6, 6.07) is 14.7. The van der Waals surface area contributed by atoms with Crippen LogP contribution >= 0.6 is 0 Å². The van der Waals surface area contributed by atoms with Gasteiger partial charge in [0.25, 0.3) is 11.8 Å². The number of hydrogen-bond donors (Lipinski definition) is 1. The largest absolute Gasteiger partial charge is 0.356 e. The number of rotatable bonds is 6. The molecular formula is C23H25N3O3. The Morgan fingerprint density at radius 3 is 2.45 bits per heavy atom. The van der Waals surface area contributed by atoms with Crippen molar-refractivity contribution in [3.63, 3.8) is 0 Å². The summed E-state index contributed by atoms with van der Waals surface area (Å²) in [5.41, 5.74) is 2.63. The number of hydrogen-bond acceptors (Lipinski definition) is 3. The molecule has 0 saturated heterocycles. The zero-order valence-corrected chi connectivity index (χ0v) is 16.7. The second-order valence-electron chi connectivity index (χ2n) is 7.95.